The number of piperazine rings is 1. The summed E-state index contributed by atoms with van der Waals surface area (Å²) in [6.07, 6.45) is 8.64. The van der Waals surface area contributed by atoms with Crippen LogP contribution < -0.4 is 4.90 Å². The van der Waals surface area contributed by atoms with Gasteiger partial charge in [-0.2, -0.15) is 0 Å². The van der Waals surface area contributed by atoms with E-state index in [0.29, 0.717) is 29.4 Å². The van der Waals surface area contributed by atoms with Crippen LogP contribution in [0.3, 0.4) is 0 Å². The fourth-order valence-corrected chi connectivity index (χ4v) is 4.25. The zero-order chi connectivity index (χ0) is 22.8. The number of hydrogen-bond donors (Lipinski definition) is 0. The van der Waals surface area contributed by atoms with Crippen LogP contribution in [0.15, 0.2) is 83.6 Å². The summed E-state index contributed by atoms with van der Waals surface area (Å²) >= 11 is 6.10. The van der Waals surface area contributed by atoms with E-state index in [-0.39, 0.29) is 17.8 Å². The van der Waals surface area contributed by atoms with Crippen LogP contribution in [0.25, 0.3) is 6.08 Å². The first-order chi connectivity index (χ1) is 16.1. The van der Waals surface area contributed by atoms with Crippen LogP contribution in [-0.4, -0.2) is 54.7 Å². The van der Waals surface area contributed by atoms with E-state index in [1.54, 1.807) is 24.3 Å². The van der Waals surface area contributed by atoms with Gasteiger partial charge in [-0.25, -0.2) is 4.99 Å². The van der Waals surface area contributed by atoms with Crippen LogP contribution in [0.4, 0.5) is 5.69 Å². The maximum Gasteiger partial charge on any atom is 0.312 e. The average molecular weight is 460 g/mol. The van der Waals surface area contributed by atoms with E-state index >= 15 is 0 Å². The highest BCUT2D eigenvalue weighted by atomic mass is 35.5. The van der Waals surface area contributed by atoms with Gasteiger partial charge in [-0.15, -0.1) is 0 Å². The number of hydrogen-bond acceptors (Lipinski definition) is 4. The lowest BCUT2D eigenvalue weighted by Crippen LogP contribution is -2.48. The molecule has 166 valence electrons. The van der Waals surface area contributed by atoms with Gasteiger partial charge in [0.25, 0.3) is 5.91 Å². The summed E-state index contributed by atoms with van der Waals surface area (Å²) in [6, 6.07) is 15.0. The van der Waals surface area contributed by atoms with Crippen LogP contribution in [0, 0.1) is 0 Å². The lowest BCUT2D eigenvalue weighted by molar-refractivity contribution is -0.118. The molecule has 1 unspecified atom stereocenters. The van der Waals surface area contributed by atoms with Crippen molar-refractivity contribution >= 4 is 40.9 Å². The normalized spacial score (nSPS) is 21.0. The molecule has 0 N–H and O–H groups in total. The van der Waals surface area contributed by atoms with Crippen molar-refractivity contribution in [1.29, 1.82) is 0 Å². The van der Waals surface area contributed by atoms with Gasteiger partial charge in [0.05, 0.1) is 5.71 Å². The predicted octanol–water partition coefficient (Wildman–Crippen LogP) is 4.14. The second kappa shape index (κ2) is 9.08. The van der Waals surface area contributed by atoms with Crippen molar-refractivity contribution in [2.45, 2.75) is 6.10 Å². The van der Waals surface area contributed by atoms with Crippen LogP contribution in [-0.2, 0) is 9.53 Å². The minimum atomic E-state index is -0.404. The number of ether oxygens (including phenoxy) is 1. The molecule has 7 heteroatoms. The predicted molar refractivity (Wildman–Crippen MR) is 130 cm³/mol. The molecule has 6 nitrogen and oxygen atoms in total. The number of nitrogens with zero attached hydrogens (tertiary/aromatic N) is 3. The number of rotatable bonds is 3. The Kier molecular flexibility index (Phi) is 5.84. The van der Waals surface area contributed by atoms with E-state index in [1.165, 1.54) is 0 Å². The highest BCUT2D eigenvalue weighted by Crippen LogP contribution is 2.23. The minimum absolute atomic E-state index is 0.00156. The van der Waals surface area contributed by atoms with Gasteiger partial charge in [0, 0.05) is 42.5 Å². The second-order valence-electron chi connectivity index (χ2n) is 8.01. The summed E-state index contributed by atoms with van der Waals surface area (Å²) in [5.41, 5.74) is 3.07. The van der Waals surface area contributed by atoms with Crippen molar-refractivity contribution in [2.75, 3.05) is 31.1 Å². The van der Waals surface area contributed by atoms with E-state index in [2.05, 4.69) is 9.89 Å². The van der Waals surface area contributed by atoms with Crippen molar-refractivity contribution in [3.05, 3.63) is 94.7 Å². The number of amides is 2. The molecule has 2 amide bonds. The first kappa shape index (κ1) is 21.2. The molecule has 0 bridgehead atoms. The number of carbonyl (C=O) groups is 2. The molecule has 33 heavy (non-hydrogen) atoms. The molecule has 1 fully saturated rings. The fourth-order valence-electron chi connectivity index (χ4n) is 4.06. The number of benzene rings is 2. The Labute approximate surface area is 197 Å². The SMILES string of the molecule is O=C1N=C2C=CC=CC2O/C1=C\c1ccc(C(=O)N2CCN(c3cccc(Cl)c3)CC2)cc1. The van der Waals surface area contributed by atoms with Gasteiger partial charge in [-0.1, -0.05) is 42.0 Å². The molecule has 0 saturated carbocycles. The Balaban J connectivity index is 1.23. The number of carbonyl (C=O) groups excluding carboxylic acids is 2. The Bertz CT molecular complexity index is 1210. The Morgan fingerprint density at radius 1 is 1.06 bits per heavy atom. The van der Waals surface area contributed by atoms with Gasteiger partial charge in [0.1, 0.15) is 0 Å². The quantitative estimate of drug-likeness (QED) is 0.647. The molecule has 2 aromatic rings. The zero-order valence-electron chi connectivity index (χ0n) is 17.9. The minimum Gasteiger partial charge on any atom is -0.474 e. The van der Waals surface area contributed by atoms with Crippen molar-refractivity contribution in [1.82, 2.24) is 4.90 Å². The Morgan fingerprint density at radius 3 is 2.61 bits per heavy atom. The van der Waals surface area contributed by atoms with E-state index in [9.17, 15) is 9.59 Å². The molecule has 1 saturated heterocycles. The van der Waals surface area contributed by atoms with Crippen LogP contribution >= 0.6 is 11.6 Å². The molecule has 3 aliphatic rings. The summed E-state index contributed by atoms with van der Waals surface area (Å²) in [4.78, 5) is 33.4. The van der Waals surface area contributed by atoms with Crippen LogP contribution in [0.2, 0.25) is 5.02 Å². The van der Waals surface area contributed by atoms with Gasteiger partial charge < -0.3 is 14.5 Å². The third-order valence-electron chi connectivity index (χ3n) is 5.85. The summed E-state index contributed by atoms with van der Waals surface area (Å²) in [6.45, 7) is 2.79. The number of fused-ring (bicyclic) bond motifs is 1. The molecule has 1 aliphatic carbocycles. The van der Waals surface area contributed by atoms with Crippen molar-refractivity contribution in [3.63, 3.8) is 0 Å². The van der Waals surface area contributed by atoms with Gasteiger partial charge in [0.15, 0.2) is 11.9 Å². The summed E-state index contributed by atoms with van der Waals surface area (Å²) in [7, 11) is 0. The molecule has 0 spiro atoms. The Morgan fingerprint density at radius 2 is 1.85 bits per heavy atom. The standard InChI is InChI=1S/C26H22ClN3O3/c27-20-4-3-5-21(17-20)29-12-14-30(15-13-29)26(32)19-10-8-18(9-11-19)16-24-25(31)28-22-6-1-2-7-23(22)33-24/h1-11,16-17,23H,12-15H2/b24-16-. The number of halogens is 1. The number of aliphatic imine (C=N–C) groups is 1. The van der Waals surface area contributed by atoms with Crippen molar-refractivity contribution in [2.24, 2.45) is 4.99 Å². The molecular formula is C26H22ClN3O3. The van der Waals surface area contributed by atoms with Gasteiger partial charge in [0.2, 0.25) is 0 Å². The van der Waals surface area contributed by atoms with E-state index < -0.39 is 5.91 Å². The third-order valence-corrected chi connectivity index (χ3v) is 6.08. The van der Waals surface area contributed by atoms with E-state index in [4.69, 9.17) is 16.3 Å². The smallest absolute Gasteiger partial charge is 0.312 e. The van der Waals surface area contributed by atoms with Crippen LogP contribution in [0.5, 0.6) is 0 Å². The monoisotopic (exact) mass is 459 g/mol. The largest absolute Gasteiger partial charge is 0.474 e. The lowest BCUT2D eigenvalue weighted by atomic mass is 10.1. The molecular weight excluding hydrogens is 438 g/mol. The maximum absolute atomic E-state index is 13.0. The molecule has 2 aliphatic heterocycles. The third kappa shape index (κ3) is 4.61. The summed E-state index contributed by atoms with van der Waals surface area (Å²) < 4.78 is 5.79. The van der Waals surface area contributed by atoms with E-state index in [1.807, 2.05) is 59.5 Å². The highest BCUT2D eigenvalue weighted by Gasteiger charge is 2.26. The fraction of sp³-hybridized carbons (Fsp3) is 0.192. The molecule has 2 aromatic carbocycles. The number of anilines is 1. The average Bonchev–Trinajstić information content (AvgIpc) is 2.85. The molecule has 0 radical (unpaired) electrons. The Hall–Kier alpha value is -3.64. The first-order valence-corrected chi connectivity index (χ1v) is 11.2. The lowest BCUT2D eigenvalue weighted by Gasteiger charge is -2.36. The maximum atomic E-state index is 13.0. The molecule has 2 heterocycles. The van der Waals surface area contributed by atoms with Crippen molar-refractivity contribution < 1.29 is 14.3 Å². The first-order valence-electron chi connectivity index (χ1n) is 10.8. The zero-order valence-corrected chi connectivity index (χ0v) is 18.6. The van der Waals surface area contributed by atoms with Gasteiger partial charge in [-0.3, -0.25) is 9.59 Å². The van der Waals surface area contributed by atoms with Crippen molar-refractivity contribution in [3.8, 4) is 0 Å². The second-order valence-corrected chi connectivity index (χ2v) is 8.45. The van der Waals surface area contributed by atoms with Gasteiger partial charge >= 0.3 is 5.91 Å². The molecule has 0 aromatic heterocycles. The summed E-state index contributed by atoms with van der Waals surface area (Å²) in [5.74, 6) is -0.211. The van der Waals surface area contributed by atoms with E-state index in [0.717, 1.165) is 24.3 Å². The summed E-state index contributed by atoms with van der Waals surface area (Å²) in [5, 5.41) is 0.709. The molecule has 5 rings (SSSR count). The molecule has 1 atom stereocenters. The van der Waals surface area contributed by atoms with Gasteiger partial charge in [-0.05, 0) is 54.1 Å². The number of allylic oxidation sites excluding steroid dienone is 2. The van der Waals surface area contributed by atoms with Crippen LogP contribution in [0.1, 0.15) is 15.9 Å². The topological polar surface area (TPSA) is 62.2 Å². The highest BCUT2D eigenvalue weighted by molar-refractivity contribution is 6.30.